The van der Waals surface area contributed by atoms with Crippen LogP contribution in [-0.2, 0) is 7.05 Å². The maximum atomic E-state index is 5.97. The fourth-order valence-corrected chi connectivity index (χ4v) is 1.53. The minimum absolute atomic E-state index is 0.464. The van der Waals surface area contributed by atoms with Gasteiger partial charge in [0.15, 0.2) is 5.82 Å². The van der Waals surface area contributed by atoms with E-state index >= 15 is 0 Å². The Morgan fingerprint density at radius 3 is 2.69 bits per heavy atom. The third-order valence-electron chi connectivity index (χ3n) is 2.16. The molecule has 0 aliphatic rings. The van der Waals surface area contributed by atoms with Crippen LogP contribution >= 0.6 is 11.6 Å². The molecule has 0 aliphatic heterocycles. The Morgan fingerprint density at radius 2 is 2.06 bits per heavy atom. The lowest BCUT2D eigenvalue weighted by atomic mass is 10.3. The fraction of sp³-hybridized carbons (Fsp3) is 0.300. The summed E-state index contributed by atoms with van der Waals surface area (Å²) in [6.45, 7) is 3.67. The highest BCUT2D eigenvalue weighted by molar-refractivity contribution is 6.30. The molecule has 0 aliphatic carbocycles. The van der Waals surface area contributed by atoms with Gasteiger partial charge in [0, 0.05) is 24.9 Å². The summed E-state index contributed by atoms with van der Waals surface area (Å²) in [5.74, 6) is 2.06. The first kappa shape index (κ1) is 10.9. The minimum Gasteiger partial charge on any atom is -0.323 e. The van der Waals surface area contributed by atoms with Gasteiger partial charge in [-0.05, 0) is 13.8 Å². The van der Waals surface area contributed by atoms with E-state index in [1.165, 1.54) is 0 Å². The van der Waals surface area contributed by atoms with Crippen LogP contribution in [0.5, 0.6) is 0 Å². The molecule has 0 aromatic carbocycles. The Bertz CT molecular complexity index is 520. The molecular weight excluding hydrogens is 226 g/mol. The second-order valence-electron chi connectivity index (χ2n) is 3.53. The molecule has 2 rings (SSSR count). The smallest absolute Gasteiger partial charge is 0.153 e. The van der Waals surface area contributed by atoms with Crippen molar-refractivity contribution < 1.29 is 0 Å². The highest BCUT2D eigenvalue weighted by Gasteiger charge is 2.08. The van der Waals surface area contributed by atoms with E-state index in [1.54, 1.807) is 11.6 Å². The first-order valence-corrected chi connectivity index (χ1v) is 5.21. The molecule has 16 heavy (non-hydrogen) atoms. The monoisotopic (exact) mass is 237 g/mol. The third kappa shape index (κ3) is 2.14. The van der Waals surface area contributed by atoms with E-state index in [0.717, 1.165) is 11.4 Å². The van der Waals surface area contributed by atoms with Gasteiger partial charge in [0.25, 0.3) is 0 Å². The number of halogens is 1. The highest BCUT2D eigenvalue weighted by atomic mass is 35.5. The summed E-state index contributed by atoms with van der Waals surface area (Å²) in [7, 11) is 1.86. The van der Waals surface area contributed by atoms with Gasteiger partial charge in [-0.25, -0.2) is 9.97 Å². The van der Waals surface area contributed by atoms with Gasteiger partial charge in [-0.2, -0.15) is 5.10 Å². The Kier molecular flexibility index (Phi) is 2.78. The van der Waals surface area contributed by atoms with Gasteiger partial charge in [-0.15, -0.1) is 0 Å². The lowest BCUT2D eigenvalue weighted by Crippen LogP contribution is -2.02. The van der Waals surface area contributed by atoms with Crippen LogP contribution < -0.4 is 5.32 Å². The number of aryl methyl sites for hydroxylation is 2. The Balaban J connectivity index is 2.34. The van der Waals surface area contributed by atoms with Gasteiger partial charge in [0.05, 0.1) is 0 Å². The summed E-state index contributed by atoms with van der Waals surface area (Å²) in [6, 6.07) is 1.87. The normalized spacial score (nSPS) is 10.5. The van der Waals surface area contributed by atoms with Crippen molar-refractivity contribution in [2.75, 3.05) is 5.32 Å². The first-order valence-electron chi connectivity index (χ1n) is 4.83. The molecule has 0 saturated heterocycles. The summed E-state index contributed by atoms with van der Waals surface area (Å²) >= 11 is 5.97. The number of rotatable bonds is 2. The van der Waals surface area contributed by atoms with Crippen molar-refractivity contribution in [2.24, 2.45) is 7.05 Å². The predicted octanol–water partition coefficient (Wildman–Crippen LogP) is 2.22. The zero-order valence-corrected chi connectivity index (χ0v) is 10.1. The molecule has 2 aromatic heterocycles. The summed E-state index contributed by atoms with van der Waals surface area (Å²) in [5.41, 5.74) is 0.818. The molecule has 0 fully saturated rings. The van der Waals surface area contributed by atoms with E-state index in [9.17, 15) is 0 Å². The number of nitrogens with one attached hydrogen (secondary N) is 1. The van der Waals surface area contributed by atoms with E-state index in [4.69, 9.17) is 11.6 Å². The molecule has 0 unspecified atom stereocenters. The van der Waals surface area contributed by atoms with Crippen molar-refractivity contribution in [3.8, 4) is 0 Å². The quantitative estimate of drug-likeness (QED) is 0.814. The Labute approximate surface area is 98.5 Å². The highest BCUT2D eigenvalue weighted by Crippen LogP contribution is 2.22. The van der Waals surface area contributed by atoms with Crippen molar-refractivity contribution in [3.63, 3.8) is 0 Å². The Hall–Kier alpha value is -1.62. The maximum Gasteiger partial charge on any atom is 0.153 e. The number of hydrogen-bond acceptors (Lipinski definition) is 4. The molecule has 5 nitrogen and oxygen atoms in total. The third-order valence-corrected chi connectivity index (χ3v) is 2.53. The second kappa shape index (κ2) is 4.09. The van der Waals surface area contributed by atoms with Crippen molar-refractivity contribution in [3.05, 3.63) is 28.8 Å². The molecule has 0 saturated carbocycles. The standard InChI is InChI=1S/C10H12ClN5/c1-6-9(11)12-7(2)13-10(6)14-8-4-5-16(3)15-8/h4-5H,1-3H3,(H,12,13,14,15). The fourth-order valence-electron chi connectivity index (χ4n) is 1.32. The van der Waals surface area contributed by atoms with Crippen molar-refractivity contribution in [2.45, 2.75) is 13.8 Å². The van der Waals surface area contributed by atoms with Crippen molar-refractivity contribution in [1.29, 1.82) is 0 Å². The second-order valence-corrected chi connectivity index (χ2v) is 3.89. The van der Waals surface area contributed by atoms with E-state index in [0.29, 0.717) is 16.8 Å². The summed E-state index contributed by atoms with van der Waals surface area (Å²) < 4.78 is 1.72. The van der Waals surface area contributed by atoms with E-state index in [-0.39, 0.29) is 0 Å². The van der Waals surface area contributed by atoms with Crippen LogP contribution in [0.15, 0.2) is 12.3 Å². The molecule has 84 valence electrons. The summed E-state index contributed by atoms with van der Waals surface area (Å²) in [4.78, 5) is 8.35. The van der Waals surface area contributed by atoms with Gasteiger partial charge < -0.3 is 5.32 Å². The van der Waals surface area contributed by atoms with Gasteiger partial charge in [-0.3, -0.25) is 4.68 Å². The lowest BCUT2D eigenvalue weighted by molar-refractivity contribution is 0.771. The van der Waals surface area contributed by atoms with Crippen LogP contribution in [0, 0.1) is 13.8 Å². The largest absolute Gasteiger partial charge is 0.323 e. The average Bonchev–Trinajstić information content (AvgIpc) is 2.60. The van der Waals surface area contributed by atoms with Crippen LogP contribution in [0.1, 0.15) is 11.4 Å². The molecule has 2 heterocycles. The van der Waals surface area contributed by atoms with Crippen molar-refractivity contribution >= 4 is 23.2 Å². The molecule has 0 atom stereocenters. The van der Waals surface area contributed by atoms with Gasteiger partial charge >= 0.3 is 0 Å². The maximum absolute atomic E-state index is 5.97. The first-order chi connectivity index (χ1) is 7.56. The number of anilines is 2. The SMILES string of the molecule is Cc1nc(Cl)c(C)c(Nc2ccn(C)n2)n1. The summed E-state index contributed by atoms with van der Waals surface area (Å²) in [5, 5.41) is 7.78. The molecule has 0 bridgehead atoms. The Morgan fingerprint density at radius 1 is 1.31 bits per heavy atom. The van der Waals surface area contributed by atoms with Crippen LogP contribution in [0.25, 0.3) is 0 Å². The number of aromatic nitrogens is 4. The van der Waals surface area contributed by atoms with Crippen molar-refractivity contribution in [1.82, 2.24) is 19.7 Å². The van der Waals surface area contributed by atoms with E-state index in [2.05, 4.69) is 20.4 Å². The van der Waals surface area contributed by atoms with Crippen LogP contribution in [-0.4, -0.2) is 19.7 Å². The zero-order chi connectivity index (χ0) is 11.7. The van der Waals surface area contributed by atoms with E-state index < -0.39 is 0 Å². The van der Waals surface area contributed by atoms with Crippen LogP contribution in [0.3, 0.4) is 0 Å². The lowest BCUT2D eigenvalue weighted by Gasteiger charge is -2.07. The van der Waals surface area contributed by atoms with Gasteiger partial charge in [0.2, 0.25) is 0 Å². The molecule has 0 amide bonds. The molecule has 0 spiro atoms. The van der Waals surface area contributed by atoms with Gasteiger partial charge in [0.1, 0.15) is 16.8 Å². The predicted molar refractivity (Wildman–Crippen MR) is 63.0 cm³/mol. The molecule has 0 radical (unpaired) electrons. The number of nitrogens with zero attached hydrogens (tertiary/aromatic N) is 4. The minimum atomic E-state index is 0.464. The average molecular weight is 238 g/mol. The van der Waals surface area contributed by atoms with Crippen LogP contribution in [0.2, 0.25) is 5.15 Å². The molecule has 1 N–H and O–H groups in total. The van der Waals surface area contributed by atoms with Gasteiger partial charge in [-0.1, -0.05) is 11.6 Å². The zero-order valence-electron chi connectivity index (χ0n) is 9.32. The molecule has 6 heteroatoms. The summed E-state index contributed by atoms with van der Waals surface area (Å²) in [6.07, 6.45) is 1.85. The topological polar surface area (TPSA) is 55.6 Å². The molecule has 2 aromatic rings. The van der Waals surface area contributed by atoms with Crippen LogP contribution in [0.4, 0.5) is 11.6 Å². The number of hydrogen-bond donors (Lipinski definition) is 1. The molecular formula is C10H12ClN5. The van der Waals surface area contributed by atoms with E-state index in [1.807, 2.05) is 26.2 Å².